The lowest BCUT2D eigenvalue weighted by Crippen LogP contribution is -2.23. The van der Waals surface area contributed by atoms with E-state index in [1.807, 2.05) is 12.1 Å². The Labute approximate surface area is 128 Å². The molecule has 0 radical (unpaired) electrons. The molecule has 5 heteroatoms. The summed E-state index contributed by atoms with van der Waals surface area (Å²) in [5, 5.41) is 5.09. The lowest BCUT2D eigenvalue weighted by molar-refractivity contribution is 0.509. The molecular weight excluding hydrogens is 290 g/mol. The number of nitrogens with one attached hydrogen (secondary N) is 1. The molecule has 0 saturated carbocycles. The molecule has 1 aliphatic rings. The highest BCUT2D eigenvalue weighted by atomic mass is 35.5. The number of likely N-dealkylation sites (N-methyl/N-ethyl adjacent to an activating group) is 1. The van der Waals surface area contributed by atoms with Crippen molar-refractivity contribution in [2.45, 2.75) is 32.1 Å². The van der Waals surface area contributed by atoms with E-state index in [9.17, 15) is 0 Å². The van der Waals surface area contributed by atoms with Gasteiger partial charge in [-0.1, -0.05) is 18.5 Å². The van der Waals surface area contributed by atoms with Gasteiger partial charge in [0.25, 0.3) is 0 Å². The first-order valence-corrected chi connectivity index (χ1v) is 8.30. The van der Waals surface area contributed by atoms with Crippen LogP contribution in [0.2, 0.25) is 5.02 Å². The van der Waals surface area contributed by atoms with E-state index < -0.39 is 0 Å². The van der Waals surface area contributed by atoms with E-state index in [4.69, 9.17) is 16.6 Å². The van der Waals surface area contributed by atoms with E-state index in [1.165, 1.54) is 23.4 Å². The molecule has 0 amide bonds. The largest absolute Gasteiger partial charge is 0.316 e. The number of fused-ring (bicyclic) bond motifs is 1. The van der Waals surface area contributed by atoms with Crippen LogP contribution in [0.5, 0.6) is 0 Å². The summed E-state index contributed by atoms with van der Waals surface area (Å²) < 4.78 is 0. The fourth-order valence-electron chi connectivity index (χ4n) is 2.67. The third-order valence-electron chi connectivity index (χ3n) is 3.67. The van der Waals surface area contributed by atoms with Crippen molar-refractivity contribution < 1.29 is 0 Å². The Hall–Kier alpha value is -0.970. The van der Waals surface area contributed by atoms with Crippen LogP contribution in [-0.2, 0) is 6.42 Å². The van der Waals surface area contributed by atoms with E-state index in [2.05, 4.69) is 17.2 Å². The van der Waals surface area contributed by atoms with Gasteiger partial charge in [0.15, 0.2) is 0 Å². The first-order valence-electron chi connectivity index (χ1n) is 7.10. The molecule has 106 valence electrons. The summed E-state index contributed by atoms with van der Waals surface area (Å²) in [4.78, 5) is 10.6. The van der Waals surface area contributed by atoms with Crippen molar-refractivity contribution in [1.82, 2.24) is 15.3 Å². The molecule has 0 aliphatic heterocycles. The summed E-state index contributed by atoms with van der Waals surface area (Å²) in [7, 11) is 0. The number of thiazole rings is 1. The van der Waals surface area contributed by atoms with Crippen LogP contribution in [0.1, 0.15) is 36.3 Å². The monoisotopic (exact) mass is 307 g/mol. The van der Waals surface area contributed by atoms with Crippen molar-refractivity contribution in [1.29, 1.82) is 0 Å². The molecule has 3 nitrogen and oxygen atoms in total. The second kappa shape index (κ2) is 6.20. The number of aryl methyl sites for hydroxylation is 1. The van der Waals surface area contributed by atoms with Crippen molar-refractivity contribution >= 4 is 22.9 Å². The standard InChI is InChI=1S/C15H18ClN3S/c1-2-17-9-10-5-3-7-12-13(10)19-15(20-12)14-11(16)6-4-8-18-14/h4,6,8,10,17H,2-3,5,7,9H2,1H3. The maximum atomic E-state index is 6.23. The summed E-state index contributed by atoms with van der Waals surface area (Å²) in [6.45, 7) is 4.17. The molecule has 1 unspecified atom stereocenters. The first kappa shape index (κ1) is 14.0. The highest BCUT2D eigenvalue weighted by Crippen LogP contribution is 2.38. The van der Waals surface area contributed by atoms with Gasteiger partial charge in [0.05, 0.1) is 10.7 Å². The van der Waals surface area contributed by atoms with Gasteiger partial charge in [0.1, 0.15) is 10.7 Å². The molecule has 20 heavy (non-hydrogen) atoms. The fraction of sp³-hybridized carbons (Fsp3) is 0.467. The van der Waals surface area contributed by atoms with Gasteiger partial charge in [-0.25, -0.2) is 4.98 Å². The molecule has 2 aromatic rings. The molecular formula is C15H18ClN3S. The van der Waals surface area contributed by atoms with Gasteiger partial charge in [-0.3, -0.25) is 4.98 Å². The topological polar surface area (TPSA) is 37.8 Å². The normalized spacial score (nSPS) is 18.0. The SMILES string of the molecule is CCNCC1CCCc2sc(-c3ncccc3Cl)nc21. The molecule has 1 aliphatic carbocycles. The highest BCUT2D eigenvalue weighted by molar-refractivity contribution is 7.15. The van der Waals surface area contributed by atoms with Gasteiger partial charge in [0, 0.05) is 23.5 Å². The third kappa shape index (κ3) is 2.73. The maximum Gasteiger partial charge on any atom is 0.143 e. The number of hydrogen-bond acceptors (Lipinski definition) is 4. The summed E-state index contributed by atoms with van der Waals surface area (Å²) in [6.07, 6.45) is 5.39. The number of pyridine rings is 1. The Morgan fingerprint density at radius 1 is 1.50 bits per heavy atom. The Bertz CT molecular complexity index is 597. The quantitative estimate of drug-likeness (QED) is 0.931. The molecule has 0 bridgehead atoms. The van der Waals surface area contributed by atoms with Gasteiger partial charge in [-0.05, 0) is 37.9 Å². The lowest BCUT2D eigenvalue weighted by atomic mass is 9.91. The van der Waals surface area contributed by atoms with Crippen molar-refractivity contribution in [2.75, 3.05) is 13.1 Å². The Balaban J connectivity index is 1.93. The molecule has 2 heterocycles. The van der Waals surface area contributed by atoms with E-state index in [1.54, 1.807) is 17.5 Å². The first-order chi connectivity index (χ1) is 9.79. The number of hydrogen-bond donors (Lipinski definition) is 1. The minimum Gasteiger partial charge on any atom is -0.316 e. The molecule has 1 atom stereocenters. The average Bonchev–Trinajstić information content (AvgIpc) is 2.89. The average molecular weight is 308 g/mol. The Morgan fingerprint density at radius 3 is 3.20 bits per heavy atom. The van der Waals surface area contributed by atoms with Gasteiger partial charge >= 0.3 is 0 Å². The van der Waals surface area contributed by atoms with Crippen molar-refractivity contribution in [2.24, 2.45) is 0 Å². The molecule has 3 rings (SSSR count). The minimum absolute atomic E-state index is 0.534. The summed E-state index contributed by atoms with van der Waals surface area (Å²) >= 11 is 7.99. The highest BCUT2D eigenvalue weighted by Gasteiger charge is 2.25. The fourth-order valence-corrected chi connectivity index (χ4v) is 4.14. The Morgan fingerprint density at radius 2 is 2.40 bits per heavy atom. The lowest BCUT2D eigenvalue weighted by Gasteiger charge is -2.21. The van der Waals surface area contributed by atoms with Crippen LogP contribution in [-0.4, -0.2) is 23.1 Å². The maximum absolute atomic E-state index is 6.23. The van der Waals surface area contributed by atoms with Crippen LogP contribution in [0.4, 0.5) is 0 Å². The predicted octanol–water partition coefficient (Wildman–Crippen LogP) is 3.89. The number of nitrogens with zero attached hydrogens (tertiary/aromatic N) is 2. The predicted molar refractivity (Wildman–Crippen MR) is 84.6 cm³/mol. The van der Waals surface area contributed by atoms with Crippen LogP contribution >= 0.6 is 22.9 Å². The molecule has 0 spiro atoms. The number of rotatable bonds is 4. The van der Waals surface area contributed by atoms with Crippen LogP contribution in [0, 0.1) is 0 Å². The zero-order valence-corrected chi connectivity index (χ0v) is 13.1. The summed E-state index contributed by atoms with van der Waals surface area (Å²) in [5.41, 5.74) is 2.08. The van der Waals surface area contributed by atoms with Gasteiger partial charge in [-0.15, -0.1) is 11.3 Å². The zero-order valence-electron chi connectivity index (χ0n) is 11.5. The minimum atomic E-state index is 0.534. The molecule has 0 fully saturated rings. The second-order valence-electron chi connectivity index (χ2n) is 5.06. The van der Waals surface area contributed by atoms with Crippen LogP contribution in [0.15, 0.2) is 18.3 Å². The Kier molecular flexibility index (Phi) is 4.34. The zero-order chi connectivity index (χ0) is 13.9. The number of aromatic nitrogens is 2. The van der Waals surface area contributed by atoms with E-state index >= 15 is 0 Å². The molecule has 0 aromatic carbocycles. The van der Waals surface area contributed by atoms with Crippen LogP contribution < -0.4 is 5.32 Å². The van der Waals surface area contributed by atoms with Gasteiger partial charge < -0.3 is 5.32 Å². The van der Waals surface area contributed by atoms with E-state index in [-0.39, 0.29) is 0 Å². The smallest absolute Gasteiger partial charge is 0.143 e. The van der Waals surface area contributed by atoms with Gasteiger partial charge in [-0.2, -0.15) is 0 Å². The summed E-state index contributed by atoms with van der Waals surface area (Å²) in [5.74, 6) is 0.534. The van der Waals surface area contributed by atoms with Crippen molar-refractivity contribution in [3.63, 3.8) is 0 Å². The molecule has 2 aromatic heterocycles. The van der Waals surface area contributed by atoms with Crippen molar-refractivity contribution in [3.05, 3.63) is 33.9 Å². The second-order valence-corrected chi connectivity index (χ2v) is 6.55. The summed E-state index contributed by atoms with van der Waals surface area (Å²) in [6, 6.07) is 3.73. The third-order valence-corrected chi connectivity index (χ3v) is 5.12. The number of halogens is 1. The van der Waals surface area contributed by atoms with E-state index in [0.717, 1.165) is 30.2 Å². The van der Waals surface area contributed by atoms with Crippen molar-refractivity contribution in [3.8, 4) is 10.7 Å². The van der Waals surface area contributed by atoms with Crippen LogP contribution in [0.25, 0.3) is 10.7 Å². The van der Waals surface area contributed by atoms with Gasteiger partial charge in [0.2, 0.25) is 0 Å². The van der Waals surface area contributed by atoms with E-state index in [0.29, 0.717) is 10.9 Å². The molecule has 0 saturated heterocycles. The molecule has 1 N–H and O–H groups in total. The van der Waals surface area contributed by atoms with Crippen LogP contribution in [0.3, 0.4) is 0 Å².